The van der Waals surface area contributed by atoms with Gasteiger partial charge in [-0.25, -0.2) is 0 Å². The maximum absolute atomic E-state index is 11.6. The molecule has 1 atom stereocenters. The van der Waals surface area contributed by atoms with E-state index in [0.29, 0.717) is 12.0 Å². The Morgan fingerprint density at radius 1 is 1.07 bits per heavy atom. The molecule has 0 spiro atoms. The lowest BCUT2D eigenvalue weighted by Gasteiger charge is -2.24. The van der Waals surface area contributed by atoms with Crippen molar-refractivity contribution in [3.8, 4) is 0 Å². The topological polar surface area (TPSA) is 29.1 Å². The molecule has 0 heterocycles. The van der Waals surface area contributed by atoms with E-state index in [1.807, 2.05) is 13.8 Å². The van der Waals surface area contributed by atoms with Gasteiger partial charge >= 0.3 is 0 Å². The molecule has 1 rings (SSSR count). The van der Waals surface area contributed by atoms with Gasteiger partial charge in [-0.1, -0.05) is 39.5 Å². The van der Waals surface area contributed by atoms with Crippen LogP contribution < -0.4 is 5.32 Å². The summed E-state index contributed by atoms with van der Waals surface area (Å²) in [6.07, 6.45) is 8.01. The van der Waals surface area contributed by atoms with E-state index in [4.69, 9.17) is 0 Å². The zero-order chi connectivity index (χ0) is 11.3. The van der Waals surface area contributed by atoms with Crippen LogP contribution in [-0.2, 0) is 4.79 Å². The number of rotatable bonds is 3. The summed E-state index contributed by atoms with van der Waals surface area (Å²) in [6, 6.07) is 0.359. The van der Waals surface area contributed by atoms with Crippen molar-refractivity contribution in [3.05, 3.63) is 0 Å². The molecule has 0 aromatic heterocycles. The van der Waals surface area contributed by atoms with E-state index in [2.05, 4.69) is 12.2 Å². The second-order valence-corrected chi connectivity index (χ2v) is 5.20. The van der Waals surface area contributed by atoms with Gasteiger partial charge in [0.2, 0.25) is 5.91 Å². The van der Waals surface area contributed by atoms with Crippen LogP contribution in [0.5, 0.6) is 0 Å². The standard InChI is InChI=1S/C13H25NO/c1-10(2)13(15)14-11(3)12-8-6-4-5-7-9-12/h10-12H,4-9H2,1-3H3,(H,14,15)/t11-/m0/s1. The highest BCUT2D eigenvalue weighted by atomic mass is 16.1. The van der Waals surface area contributed by atoms with Crippen molar-refractivity contribution < 1.29 is 4.79 Å². The van der Waals surface area contributed by atoms with Crippen LogP contribution in [0.2, 0.25) is 0 Å². The van der Waals surface area contributed by atoms with Crippen molar-refractivity contribution >= 4 is 5.91 Å². The van der Waals surface area contributed by atoms with Gasteiger partial charge in [0, 0.05) is 12.0 Å². The molecule has 88 valence electrons. The predicted molar refractivity (Wildman–Crippen MR) is 63.6 cm³/mol. The van der Waals surface area contributed by atoms with Gasteiger partial charge in [-0.3, -0.25) is 4.79 Å². The van der Waals surface area contributed by atoms with E-state index in [1.54, 1.807) is 0 Å². The quantitative estimate of drug-likeness (QED) is 0.714. The number of hydrogen-bond donors (Lipinski definition) is 1. The van der Waals surface area contributed by atoms with E-state index in [9.17, 15) is 4.79 Å². The van der Waals surface area contributed by atoms with Crippen LogP contribution in [0, 0.1) is 11.8 Å². The van der Waals surface area contributed by atoms with Gasteiger partial charge < -0.3 is 5.32 Å². The van der Waals surface area contributed by atoms with Crippen LogP contribution in [0.25, 0.3) is 0 Å². The molecule has 1 N–H and O–H groups in total. The first-order chi connectivity index (χ1) is 7.11. The highest BCUT2D eigenvalue weighted by molar-refractivity contribution is 5.78. The van der Waals surface area contributed by atoms with E-state index in [0.717, 1.165) is 0 Å². The Labute approximate surface area is 93.8 Å². The first-order valence-corrected chi connectivity index (χ1v) is 6.41. The Hall–Kier alpha value is -0.530. The zero-order valence-electron chi connectivity index (χ0n) is 10.4. The average Bonchev–Trinajstić information content (AvgIpc) is 2.45. The lowest BCUT2D eigenvalue weighted by molar-refractivity contribution is -0.125. The minimum absolute atomic E-state index is 0.109. The van der Waals surface area contributed by atoms with Gasteiger partial charge in [0.1, 0.15) is 0 Å². The van der Waals surface area contributed by atoms with Crippen LogP contribution in [0.4, 0.5) is 0 Å². The van der Waals surface area contributed by atoms with Crippen molar-refractivity contribution in [2.24, 2.45) is 11.8 Å². The number of carbonyl (C=O) groups is 1. The smallest absolute Gasteiger partial charge is 0.222 e. The summed E-state index contributed by atoms with van der Waals surface area (Å²) < 4.78 is 0. The molecule has 2 heteroatoms. The molecule has 0 aliphatic heterocycles. The molecular formula is C13H25NO. The fourth-order valence-corrected chi connectivity index (χ4v) is 2.32. The summed E-state index contributed by atoms with van der Waals surface area (Å²) in [5, 5.41) is 3.14. The number of nitrogens with one attached hydrogen (secondary N) is 1. The maximum atomic E-state index is 11.6. The second kappa shape index (κ2) is 6.14. The molecule has 0 radical (unpaired) electrons. The average molecular weight is 211 g/mol. The number of amides is 1. The Kier molecular flexibility index (Phi) is 5.13. The van der Waals surface area contributed by atoms with Crippen molar-refractivity contribution in [2.45, 2.75) is 65.3 Å². The fourth-order valence-electron chi connectivity index (χ4n) is 2.32. The molecule has 0 unspecified atom stereocenters. The summed E-state index contributed by atoms with van der Waals surface area (Å²) in [6.45, 7) is 6.07. The van der Waals surface area contributed by atoms with Gasteiger partial charge in [-0.2, -0.15) is 0 Å². The molecule has 1 saturated carbocycles. The van der Waals surface area contributed by atoms with E-state index < -0.39 is 0 Å². The largest absolute Gasteiger partial charge is 0.353 e. The predicted octanol–water partition coefficient (Wildman–Crippen LogP) is 3.12. The molecule has 0 aromatic carbocycles. The SMILES string of the molecule is CC(C)C(=O)N[C@@H](C)C1CCCCCC1. The Morgan fingerprint density at radius 3 is 2.07 bits per heavy atom. The summed E-state index contributed by atoms with van der Waals surface area (Å²) in [7, 11) is 0. The van der Waals surface area contributed by atoms with Crippen LogP contribution >= 0.6 is 0 Å². The van der Waals surface area contributed by atoms with E-state index in [1.165, 1.54) is 38.5 Å². The number of carbonyl (C=O) groups excluding carboxylic acids is 1. The highest BCUT2D eigenvalue weighted by Crippen LogP contribution is 2.25. The Bertz CT molecular complexity index is 193. The van der Waals surface area contributed by atoms with Gasteiger partial charge in [0.25, 0.3) is 0 Å². The first kappa shape index (κ1) is 12.5. The third-order valence-electron chi connectivity index (χ3n) is 3.50. The van der Waals surface area contributed by atoms with Crippen LogP contribution in [0.15, 0.2) is 0 Å². The molecule has 1 aliphatic carbocycles. The monoisotopic (exact) mass is 211 g/mol. The minimum Gasteiger partial charge on any atom is -0.353 e. The molecule has 0 saturated heterocycles. The van der Waals surface area contributed by atoms with Crippen LogP contribution in [0.3, 0.4) is 0 Å². The molecule has 1 aliphatic rings. The third kappa shape index (κ3) is 4.23. The summed E-state index contributed by atoms with van der Waals surface area (Å²) >= 11 is 0. The van der Waals surface area contributed by atoms with Crippen LogP contribution in [0.1, 0.15) is 59.3 Å². The Morgan fingerprint density at radius 2 is 1.60 bits per heavy atom. The van der Waals surface area contributed by atoms with Crippen molar-refractivity contribution in [1.82, 2.24) is 5.32 Å². The summed E-state index contributed by atoms with van der Waals surface area (Å²) in [4.78, 5) is 11.6. The number of hydrogen-bond acceptors (Lipinski definition) is 1. The zero-order valence-corrected chi connectivity index (χ0v) is 10.4. The first-order valence-electron chi connectivity index (χ1n) is 6.41. The van der Waals surface area contributed by atoms with Crippen molar-refractivity contribution in [2.75, 3.05) is 0 Å². The molecule has 0 bridgehead atoms. The lowest BCUT2D eigenvalue weighted by Crippen LogP contribution is -2.40. The molecule has 1 fully saturated rings. The normalized spacial score (nSPS) is 21.1. The molecule has 15 heavy (non-hydrogen) atoms. The fraction of sp³-hybridized carbons (Fsp3) is 0.923. The van der Waals surface area contributed by atoms with Gasteiger partial charge in [-0.05, 0) is 25.7 Å². The van der Waals surface area contributed by atoms with Crippen LogP contribution in [-0.4, -0.2) is 11.9 Å². The highest BCUT2D eigenvalue weighted by Gasteiger charge is 2.21. The van der Waals surface area contributed by atoms with Gasteiger partial charge in [-0.15, -0.1) is 0 Å². The summed E-state index contributed by atoms with van der Waals surface area (Å²) in [5.74, 6) is 1.01. The molecule has 2 nitrogen and oxygen atoms in total. The van der Waals surface area contributed by atoms with Gasteiger partial charge in [0.15, 0.2) is 0 Å². The lowest BCUT2D eigenvalue weighted by atomic mass is 9.92. The van der Waals surface area contributed by atoms with E-state index in [-0.39, 0.29) is 11.8 Å². The van der Waals surface area contributed by atoms with Crippen molar-refractivity contribution in [1.29, 1.82) is 0 Å². The second-order valence-electron chi connectivity index (χ2n) is 5.20. The third-order valence-corrected chi connectivity index (χ3v) is 3.50. The maximum Gasteiger partial charge on any atom is 0.222 e. The summed E-state index contributed by atoms with van der Waals surface area (Å²) in [5.41, 5.74) is 0. The van der Waals surface area contributed by atoms with E-state index >= 15 is 0 Å². The Balaban J connectivity index is 2.37. The minimum atomic E-state index is 0.109. The van der Waals surface area contributed by atoms with Crippen molar-refractivity contribution in [3.63, 3.8) is 0 Å². The van der Waals surface area contributed by atoms with Gasteiger partial charge in [0.05, 0.1) is 0 Å². The molecule has 1 amide bonds. The molecule has 0 aromatic rings. The molecular weight excluding hydrogens is 186 g/mol.